The molecule has 2 aromatic rings. The number of nitrogens with one attached hydrogen (secondary N) is 1. The van der Waals surface area contributed by atoms with E-state index < -0.39 is 10.0 Å². The second-order valence-electron chi connectivity index (χ2n) is 3.76. The molecule has 1 aromatic heterocycles. The lowest BCUT2D eigenvalue weighted by molar-refractivity contribution is 0.581. The molecule has 0 atom stereocenters. The van der Waals surface area contributed by atoms with Gasteiger partial charge in [0.2, 0.25) is 10.0 Å². The minimum atomic E-state index is -3.54. The summed E-state index contributed by atoms with van der Waals surface area (Å²) in [5.74, 6) is 0. The molecule has 0 spiro atoms. The van der Waals surface area contributed by atoms with Gasteiger partial charge >= 0.3 is 0 Å². The van der Waals surface area contributed by atoms with Crippen molar-refractivity contribution in [3.05, 3.63) is 43.5 Å². The average molecular weight is 426 g/mol. The molecular weight excluding hydrogens is 416 g/mol. The predicted molar refractivity (Wildman–Crippen MR) is 84.6 cm³/mol. The van der Waals surface area contributed by atoms with Gasteiger partial charge in [-0.05, 0) is 55.6 Å². The van der Waals surface area contributed by atoms with E-state index in [4.69, 9.17) is 5.73 Å². The van der Waals surface area contributed by atoms with E-state index in [-0.39, 0.29) is 11.4 Å². The smallest absolute Gasteiger partial charge is 0.242 e. The molecule has 8 heteroatoms. The maximum Gasteiger partial charge on any atom is 0.242 e. The molecule has 0 saturated heterocycles. The van der Waals surface area contributed by atoms with Crippen LogP contribution in [0.25, 0.3) is 0 Å². The number of anilines is 1. The van der Waals surface area contributed by atoms with Crippen molar-refractivity contribution in [2.75, 3.05) is 5.73 Å². The third-order valence-corrected chi connectivity index (χ3v) is 6.49. The first-order valence-corrected chi connectivity index (χ1v) is 9.06. The first kappa shape index (κ1) is 15.0. The first-order chi connectivity index (χ1) is 8.88. The Morgan fingerprint density at radius 3 is 2.58 bits per heavy atom. The van der Waals surface area contributed by atoms with E-state index in [0.29, 0.717) is 9.47 Å². The Hall–Kier alpha value is -0.410. The molecule has 0 aliphatic rings. The van der Waals surface area contributed by atoms with Gasteiger partial charge in [0.1, 0.15) is 4.90 Å². The zero-order valence-electron chi connectivity index (χ0n) is 9.56. The third-order valence-electron chi connectivity index (χ3n) is 2.33. The molecule has 2 rings (SSSR count). The normalized spacial score (nSPS) is 11.7. The van der Waals surface area contributed by atoms with Crippen LogP contribution in [0.1, 0.15) is 5.56 Å². The topological polar surface area (TPSA) is 72.2 Å². The Labute approximate surface area is 132 Å². The molecule has 0 radical (unpaired) electrons. The molecule has 0 fully saturated rings. The maximum absolute atomic E-state index is 12.1. The van der Waals surface area contributed by atoms with E-state index in [2.05, 4.69) is 36.6 Å². The van der Waals surface area contributed by atoms with Crippen LogP contribution in [0.3, 0.4) is 0 Å². The van der Waals surface area contributed by atoms with Crippen molar-refractivity contribution in [3.63, 3.8) is 0 Å². The number of sulfonamides is 1. The highest BCUT2D eigenvalue weighted by molar-refractivity contribution is 9.12. The Bertz CT molecular complexity index is 698. The minimum Gasteiger partial charge on any atom is -0.399 e. The van der Waals surface area contributed by atoms with Gasteiger partial charge in [0.15, 0.2) is 0 Å². The average Bonchev–Trinajstić information content (AvgIpc) is 2.67. The monoisotopic (exact) mass is 424 g/mol. The Balaban J connectivity index is 2.16. The lowest BCUT2D eigenvalue weighted by Crippen LogP contribution is -2.23. The summed E-state index contributed by atoms with van der Waals surface area (Å²) in [6, 6.07) is 8.66. The van der Waals surface area contributed by atoms with Gasteiger partial charge < -0.3 is 5.73 Å². The highest BCUT2D eigenvalue weighted by atomic mass is 79.9. The van der Waals surface area contributed by atoms with Crippen molar-refractivity contribution in [1.29, 1.82) is 0 Å². The molecule has 19 heavy (non-hydrogen) atoms. The summed E-state index contributed by atoms with van der Waals surface area (Å²) in [5, 5.41) is 0. The van der Waals surface area contributed by atoms with Crippen molar-refractivity contribution in [2.45, 2.75) is 11.4 Å². The molecule has 0 bridgehead atoms. The van der Waals surface area contributed by atoms with Crippen LogP contribution in [0.2, 0.25) is 0 Å². The number of hydrogen-bond donors (Lipinski definition) is 2. The lowest BCUT2D eigenvalue weighted by Gasteiger charge is -2.06. The fourth-order valence-electron chi connectivity index (χ4n) is 1.47. The van der Waals surface area contributed by atoms with Gasteiger partial charge in [0, 0.05) is 12.2 Å². The third kappa shape index (κ3) is 3.79. The van der Waals surface area contributed by atoms with Crippen LogP contribution in [0.15, 0.2) is 42.8 Å². The Morgan fingerprint density at radius 2 is 2.00 bits per heavy atom. The van der Waals surface area contributed by atoms with Crippen molar-refractivity contribution >= 4 is 58.9 Å². The van der Waals surface area contributed by atoms with E-state index in [0.717, 1.165) is 9.35 Å². The fraction of sp³-hybridized carbons (Fsp3) is 0.0909. The summed E-state index contributed by atoms with van der Waals surface area (Å²) >= 11 is 7.82. The molecular formula is C11H10Br2N2O2S2. The van der Waals surface area contributed by atoms with Crippen molar-refractivity contribution in [3.8, 4) is 0 Å². The molecule has 0 saturated carbocycles. The molecule has 1 aromatic carbocycles. The van der Waals surface area contributed by atoms with Crippen LogP contribution < -0.4 is 10.5 Å². The van der Waals surface area contributed by atoms with E-state index in [1.54, 1.807) is 24.3 Å². The number of halogens is 2. The van der Waals surface area contributed by atoms with Crippen LogP contribution >= 0.6 is 43.2 Å². The second kappa shape index (κ2) is 5.92. The fourth-order valence-corrected chi connectivity index (χ4v) is 6.29. The number of hydrogen-bond acceptors (Lipinski definition) is 4. The molecule has 1 heterocycles. The van der Waals surface area contributed by atoms with E-state index in [1.807, 2.05) is 6.07 Å². The maximum atomic E-state index is 12.1. The number of nitrogen functional groups attached to an aromatic ring is 1. The van der Waals surface area contributed by atoms with Crippen molar-refractivity contribution in [1.82, 2.24) is 4.72 Å². The number of nitrogens with two attached hydrogens (primary N) is 1. The second-order valence-corrected chi connectivity index (χ2v) is 9.24. The highest BCUT2D eigenvalue weighted by Gasteiger charge is 2.20. The molecule has 3 N–H and O–H groups in total. The van der Waals surface area contributed by atoms with Crippen LogP contribution in [-0.4, -0.2) is 8.42 Å². The van der Waals surface area contributed by atoms with Gasteiger partial charge in [0.25, 0.3) is 0 Å². The van der Waals surface area contributed by atoms with Gasteiger partial charge in [-0.2, -0.15) is 0 Å². The summed E-state index contributed by atoms with van der Waals surface area (Å²) in [6.45, 7) is 0.202. The zero-order valence-corrected chi connectivity index (χ0v) is 14.4. The van der Waals surface area contributed by atoms with E-state index in [9.17, 15) is 8.42 Å². The van der Waals surface area contributed by atoms with E-state index >= 15 is 0 Å². The molecule has 0 unspecified atom stereocenters. The van der Waals surface area contributed by atoms with Gasteiger partial charge in [-0.15, -0.1) is 11.3 Å². The number of rotatable bonds is 4. The van der Waals surface area contributed by atoms with Gasteiger partial charge in [-0.25, -0.2) is 13.1 Å². The first-order valence-electron chi connectivity index (χ1n) is 5.17. The Kier molecular flexibility index (Phi) is 4.67. The van der Waals surface area contributed by atoms with Crippen LogP contribution in [0.4, 0.5) is 5.69 Å². The molecule has 0 aliphatic heterocycles. The van der Waals surface area contributed by atoms with Gasteiger partial charge in [0.05, 0.1) is 7.57 Å². The largest absolute Gasteiger partial charge is 0.399 e. The van der Waals surface area contributed by atoms with Gasteiger partial charge in [-0.1, -0.05) is 12.1 Å². The van der Waals surface area contributed by atoms with Crippen molar-refractivity contribution in [2.24, 2.45) is 0 Å². The lowest BCUT2D eigenvalue weighted by atomic mass is 10.2. The molecule has 0 amide bonds. The van der Waals surface area contributed by atoms with Crippen molar-refractivity contribution < 1.29 is 8.42 Å². The Morgan fingerprint density at radius 1 is 1.26 bits per heavy atom. The van der Waals surface area contributed by atoms with Crippen LogP contribution in [-0.2, 0) is 16.6 Å². The molecule has 0 aliphatic carbocycles. The van der Waals surface area contributed by atoms with Crippen LogP contribution in [0.5, 0.6) is 0 Å². The quantitative estimate of drug-likeness (QED) is 0.737. The minimum absolute atomic E-state index is 0.202. The standard InChI is InChI=1S/C11H10Br2N2O2S2/c12-10-5-9(11(13)18-10)19(16,17)15-6-7-2-1-3-8(14)4-7/h1-5,15H,6,14H2. The number of benzene rings is 1. The van der Waals surface area contributed by atoms with E-state index in [1.165, 1.54) is 11.3 Å². The number of thiophene rings is 1. The predicted octanol–water partition coefficient (Wildman–Crippen LogP) is 3.33. The molecule has 102 valence electrons. The molecule has 4 nitrogen and oxygen atoms in total. The zero-order chi connectivity index (χ0) is 14.0. The van der Waals surface area contributed by atoms with Crippen LogP contribution in [0, 0.1) is 0 Å². The van der Waals surface area contributed by atoms with Gasteiger partial charge in [-0.3, -0.25) is 0 Å². The SMILES string of the molecule is Nc1cccc(CNS(=O)(=O)c2cc(Br)sc2Br)c1. The summed E-state index contributed by atoms with van der Waals surface area (Å²) in [6.07, 6.45) is 0. The highest BCUT2D eigenvalue weighted by Crippen LogP contribution is 2.34. The summed E-state index contributed by atoms with van der Waals surface area (Å²) in [5.41, 5.74) is 7.07. The summed E-state index contributed by atoms with van der Waals surface area (Å²) in [4.78, 5) is 0.230. The summed E-state index contributed by atoms with van der Waals surface area (Å²) < 4.78 is 28.1. The summed E-state index contributed by atoms with van der Waals surface area (Å²) in [7, 11) is -3.54.